The molecule has 0 fully saturated rings. The third kappa shape index (κ3) is 7.17. The molecule has 7 heteroatoms. The molecule has 2 amide bonds. The van der Waals surface area contributed by atoms with Crippen molar-refractivity contribution < 1.29 is 14.7 Å². The Morgan fingerprint density at radius 3 is 2.79 bits per heavy atom. The molecule has 106 valence electrons. The van der Waals surface area contributed by atoms with Gasteiger partial charge in [-0.3, -0.25) is 4.79 Å². The van der Waals surface area contributed by atoms with Crippen molar-refractivity contribution in [2.24, 2.45) is 0 Å². The van der Waals surface area contributed by atoms with Crippen LogP contribution in [0.4, 0.5) is 4.79 Å². The second-order valence-corrected chi connectivity index (χ2v) is 6.77. The van der Waals surface area contributed by atoms with Crippen molar-refractivity contribution in [3.05, 3.63) is 20.8 Å². The zero-order chi connectivity index (χ0) is 14.3. The van der Waals surface area contributed by atoms with E-state index in [1.54, 1.807) is 11.3 Å². The first-order chi connectivity index (χ1) is 8.97. The van der Waals surface area contributed by atoms with E-state index in [2.05, 4.69) is 26.6 Å². The molecule has 0 saturated heterocycles. The maximum atomic E-state index is 11.6. The topological polar surface area (TPSA) is 78.4 Å². The summed E-state index contributed by atoms with van der Waals surface area (Å²) >= 11 is 4.94. The van der Waals surface area contributed by atoms with Gasteiger partial charge in [0.25, 0.3) is 0 Å². The highest BCUT2D eigenvalue weighted by atomic mass is 79.9. The smallest absolute Gasteiger partial charge is 0.315 e. The Morgan fingerprint density at radius 1 is 1.47 bits per heavy atom. The third-order valence-electron chi connectivity index (χ3n) is 2.46. The zero-order valence-electron chi connectivity index (χ0n) is 10.6. The molecule has 1 aromatic heterocycles. The van der Waals surface area contributed by atoms with Gasteiger partial charge in [0, 0.05) is 17.3 Å². The van der Waals surface area contributed by atoms with Gasteiger partial charge in [0.05, 0.1) is 10.3 Å². The Labute approximate surface area is 124 Å². The zero-order valence-corrected chi connectivity index (χ0v) is 13.0. The molecule has 1 atom stereocenters. The van der Waals surface area contributed by atoms with Gasteiger partial charge in [-0.15, -0.1) is 11.3 Å². The number of rotatable bonds is 7. The molecule has 0 bridgehead atoms. The van der Waals surface area contributed by atoms with E-state index in [9.17, 15) is 9.59 Å². The summed E-state index contributed by atoms with van der Waals surface area (Å²) in [6, 6.07) is 3.63. The van der Waals surface area contributed by atoms with Gasteiger partial charge >= 0.3 is 12.0 Å². The molecule has 0 spiro atoms. The summed E-state index contributed by atoms with van der Waals surface area (Å²) < 4.78 is 1.03. The fraction of sp³-hybridized carbons (Fsp3) is 0.500. The van der Waals surface area contributed by atoms with Crippen molar-refractivity contribution >= 4 is 39.3 Å². The third-order valence-corrected chi connectivity index (χ3v) is 4.08. The molecule has 1 rings (SSSR count). The van der Waals surface area contributed by atoms with Gasteiger partial charge in [-0.2, -0.15) is 0 Å². The van der Waals surface area contributed by atoms with Crippen LogP contribution < -0.4 is 10.6 Å². The molecule has 0 aliphatic heterocycles. The molecule has 0 radical (unpaired) electrons. The molecule has 1 unspecified atom stereocenters. The van der Waals surface area contributed by atoms with Crippen molar-refractivity contribution in [1.82, 2.24) is 10.6 Å². The SMILES string of the molecule is CC(CCCC(=O)O)NC(=O)NCc1ccc(Br)s1. The van der Waals surface area contributed by atoms with Crippen LogP contribution in [0.15, 0.2) is 15.9 Å². The molecule has 0 saturated carbocycles. The molecule has 5 nitrogen and oxygen atoms in total. The van der Waals surface area contributed by atoms with Crippen LogP contribution in [0.1, 0.15) is 31.1 Å². The van der Waals surface area contributed by atoms with E-state index in [-0.39, 0.29) is 18.5 Å². The Hall–Kier alpha value is -1.08. The molecule has 3 N–H and O–H groups in total. The van der Waals surface area contributed by atoms with Crippen molar-refractivity contribution in [1.29, 1.82) is 0 Å². The summed E-state index contributed by atoms with van der Waals surface area (Å²) in [5.41, 5.74) is 0. The van der Waals surface area contributed by atoms with Crippen LogP contribution in [-0.2, 0) is 11.3 Å². The van der Waals surface area contributed by atoms with Crippen LogP contribution in [-0.4, -0.2) is 23.1 Å². The van der Waals surface area contributed by atoms with Gasteiger partial charge in [-0.25, -0.2) is 4.79 Å². The highest BCUT2D eigenvalue weighted by molar-refractivity contribution is 9.11. The Kier molecular flexibility index (Phi) is 6.86. The number of carbonyl (C=O) groups excluding carboxylic acids is 1. The molecule has 1 aromatic rings. The maximum Gasteiger partial charge on any atom is 0.315 e. The first kappa shape index (κ1) is 16.0. The van der Waals surface area contributed by atoms with E-state index < -0.39 is 5.97 Å². The molecule has 19 heavy (non-hydrogen) atoms. The molecular weight excluding hydrogens is 332 g/mol. The first-order valence-corrected chi connectivity index (χ1v) is 7.58. The number of carbonyl (C=O) groups is 2. The van der Waals surface area contributed by atoms with Gasteiger partial charge in [0.2, 0.25) is 0 Å². The minimum absolute atomic E-state index is 0.0329. The van der Waals surface area contributed by atoms with Crippen molar-refractivity contribution in [3.63, 3.8) is 0 Å². The maximum absolute atomic E-state index is 11.6. The normalized spacial score (nSPS) is 11.9. The van der Waals surface area contributed by atoms with Crippen LogP contribution in [0.5, 0.6) is 0 Å². The number of nitrogens with one attached hydrogen (secondary N) is 2. The fourth-order valence-corrected chi connectivity index (χ4v) is 2.94. The number of halogens is 1. The van der Waals surface area contributed by atoms with Gasteiger partial charge in [-0.05, 0) is 47.8 Å². The average molecular weight is 349 g/mol. The van der Waals surface area contributed by atoms with E-state index in [4.69, 9.17) is 5.11 Å². The largest absolute Gasteiger partial charge is 0.481 e. The molecule has 0 aromatic carbocycles. The number of hydrogen-bond donors (Lipinski definition) is 3. The number of carboxylic acids is 1. The van der Waals surface area contributed by atoms with E-state index in [1.807, 2.05) is 19.1 Å². The average Bonchev–Trinajstić information content (AvgIpc) is 2.72. The van der Waals surface area contributed by atoms with Crippen molar-refractivity contribution in [2.45, 2.75) is 38.8 Å². The number of carboxylic acid groups (broad SMARTS) is 1. The summed E-state index contributed by atoms with van der Waals surface area (Å²) in [7, 11) is 0. The van der Waals surface area contributed by atoms with Crippen molar-refractivity contribution in [3.8, 4) is 0 Å². The van der Waals surface area contributed by atoms with Crippen LogP contribution in [0.25, 0.3) is 0 Å². The second kappa shape index (κ2) is 8.16. The van der Waals surface area contributed by atoms with E-state index in [1.165, 1.54) is 0 Å². The predicted molar refractivity (Wildman–Crippen MR) is 78.3 cm³/mol. The number of urea groups is 1. The van der Waals surface area contributed by atoms with Crippen LogP contribution in [0.2, 0.25) is 0 Å². The Morgan fingerprint density at radius 2 is 2.21 bits per heavy atom. The van der Waals surface area contributed by atoms with Gasteiger partial charge in [-0.1, -0.05) is 0 Å². The lowest BCUT2D eigenvalue weighted by atomic mass is 10.1. The highest BCUT2D eigenvalue weighted by Crippen LogP contribution is 2.21. The first-order valence-electron chi connectivity index (χ1n) is 5.97. The summed E-state index contributed by atoms with van der Waals surface area (Å²) in [6.07, 6.45) is 1.36. The minimum atomic E-state index is -0.806. The summed E-state index contributed by atoms with van der Waals surface area (Å²) in [5.74, 6) is -0.806. The monoisotopic (exact) mass is 348 g/mol. The van der Waals surface area contributed by atoms with E-state index >= 15 is 0 Å². The summed E-state index contributed by atoms with van der Waals surface area (Å²) in [5, 5.41) is 14.1. The lowest BCUT2D eigenvalue weighted by Gasteiger charge is -2.13. The number of thiophene rings is 1. The molecule has 0 aliphatic rings. The second-order valence-electron chi connectivity index (χ2n) is 4.22. The minimum Gasteiger partial charge on any atom is -0.481 e. The molecule has 0 aliphatic carbocycles. The Balaban J connectivity index is 2.17. The summed E-state index contributed by atoms with van der Waals surface area (Å²) in [6.45, 7) is 2.35. The predicted octanol–water partition coefficient (Wildman–Crippen LogP) is 2.95. The lowest BCUT2D eigenvalue weighted by molar-refractivity contribution is -0.137. The van der Waals surface area contributed by atoms with Crippen molar-refractivity contribution in [2.75, 3.05) is 0 Å². The summed E-state index contributed by atoms with van der Waals surface area (Å²) in [4.78, 5) is 23.0. The number of hydrogen-bond acceptors (Lipinski definition) is 3. The van der Waals surface area contributed by atoms with Crippen LogP contribution in [0.3, 0.4) is 0 Å². The van der Waals surface area contributed by atoms with E-state index in [0.29, 0.717) is 19.4 Å². The van der Waals surface area contributed by atoms with Crippen LogP contribution >= 0.6 is 27.3 Å². The number of aliphatic carboxylic acids is 1. The standard InChI is InChI=1S/C12H17BrN2O3S/c1-8(3-2-4-11(16)17)15-12(18)14-7-9-5-6-10(13)19-9/h5-6,8H,2-4,7H2,1H3,(H,16,17)(H2,14,15,18). The lowest BCUT2D eigenvalue weighted by Crippen LogP contribution is -2.40. The van der Waals surface area contributed by atoms with Gasteiger partial charge in [0.1, 0.15) is 0 Å². The quantitative estimate of drug-likeness (QED) is 0.708. The molecule has 1 heterocycles. The van der Waals surface area contributed by atoms with Gasteiger partial charge < -0.3 is 15.7 Å². The molecular formula is C12H17BrN2O3S. The van der Waals surface area contributed by atoms with Crippen LogP contribution in [0, 0.1) is 0 Å². The van der Waals surface area contributed by atoms with E-state index in [0.717, 1.165) is 8.66 Å². The van der Waals surface area contributed by atoms with Gasteiger partial charge in [0.15, 0.2) is 0 Å². The highest BCUT2D eigenvalue weighted by Gasteiger charge is 2.08. The fourth-order valence-electron chi connectivity index (χ4n) is 1.52. The Bertz CT molecular complexity index is 436. The number of amides is 2.